The normalized spacial score (nSPS) is 10.0. The zero-order valence-electron chi connectivity index (χ0n) is 12.9. The molecule has 5 nitrogen and oxygen atoms in total. The molecule has 0 aliphatic heterocycles. The molecule has 23 heavy (non-hydrogen) atoms. The first-order chi connectivity index (χ1) is 11.0. The molecule has 120 valence electrons. The fraction of sp³-hybridized carbons (Fsp3) is 0.176. The molecule has 0 saturated heterocycles. The van der Waals surface area contributed by atoms with Gasteiger partial charge in [-0.05, 0) is 42.3 Å². The fourth-order valence-corrected chi connectivity index (χ4v) is 2.09. The highest BCUT2D eigenvalue weighted by Crippen LogP contribution is 2.19. The van der Waals surface area contributed by atoms with Crippen molar-refractivity contribution in [3.8, 4) is 0 Å². The maximum atomic E-state index is 11.9. The van der Waals surface area contributed by atoms with Gasteiger partial charge in [-0.15, -0.1) is 0 Å². The minimum atomic E-state index is -0.390. The summed E-state index contributed by atoms with van der Waals surface area (Å²) in [7, 11) is 1.33. The van der Waals surface area contributed by atoms with Gasteiger partial charge in [0.25, 0.3) is 0 Å². The standard InChI is InChI=1S/C17H17ClN2O3/c1-11-3-8-14(9-15(11)18)20-17(22)19-10-12-4-6-13(7-5-12)16(21)23-2/h3-9H,10H2,1-2H3,(H2,19,20,22). The van der Waals surface area contributed by atoms with Crippen LogP contribution in [0.1, 0.15) is 21.5 Å². The largest absolute Gasteiger partial charge is 0.465 e. The summed E-state index contributed by atoms with van der Waals surface area (Å²) in [5, 5.41) is 6.04. The molecule has 2 aromatic carbocycles. The Morgan fingerprint density at radius 3 is 2.43 bits per heavy atom. The number of nitrogens with one attached hydrogen (secondary N) is 2. The monoisotopic (exact) mass is 332 g/mol. The maximum Gasteiger partial charge on any atom is 0.337 e. The van der Waals surface area contributed by atoms with Crippen molar-refractivity contribution in [3.63, 3.8) is 0 Å². The van der Waals surface area contributed by atoms with Crippen LogP contribution in [0.3, 0.4) is 0 Å². The van der Waals surface area contributed by atoms with Gasteiger partial charge >= 0.3 is 12.0 Å². The molecular formula is C17H17ClN2O3. The Kier molecular flexibility index (Phi) is 5.60. The topological polar surface area (TPSA) is 67.4 Å². The Morgan fingerprint density at radius 1 is 1.13 bits per heavy atom. The van der Waals surface area contributed by atoms with Crippen LogP contribution in [0.15, 0.2) is 42.5 Å². The molecule has 0 aliphatic carbocycles. The number of carbonyl (C=O) groups is 2. The first kappa shape index (κ1) is 16.8. The summed E-state index contributed by atoms with van der Waals surface area (Å²) in [6.07, 6.45) is 0. The molecule has 2 amide bonds. The van der Waals surface area contributed by atoms with Crippen LogP contribution < -0.4 is 10.6 Å². The number of urea groups is 1. The lowest BCUT2D eigenvalue weighted by atomic mass is 10.1. The molecule has 2 aromatic rings. The third kappa shape index (κ3) is 4.72. The summed E-state index contributed by atoms with van der Waals surface area (Å²) < 4.78 is 4.63. The molecule has 0 fully saturated rings. The van der Waals surface area contributed by atoms with Crippen LogP contribution in [0.25, 0.3) is 0 Å². The van der Waals surface area contributed by atoms with E-state index >= 15 is 0 Å². The number of aryl methyl sites for hydroxylation is 1. The van der Waals surface area contributed by atoms with E-state index in [4.69, 9.17) is 11.6 Å². The molecule has 0 bridgehead atoms. The molecule has 0 aliphatic rings. The number of ether oxygens (including phenoxy) is 1. The number of hydrogen-bond donors (Lipinski definition) is 2. The summed E-state index contributed by atoms with van der Waals surface area (Å²) in [4.78, 5) is 23.2. The van der Waals surface area contributed by atoms with Crippen molar-refractivity contribution in [2.45, 2.75) is 13.5 Å². The molecule has 6 heteroatoms. The molecule has 0 saturated carbocycles. The average molecular weight is 333 g/mol. The van der Waals surface area contributed by atoms with Gasteiger partial charge in [-0.3, -0.25) is 0 Å². The minimum Gasteiger partial charge on any atom is -0.465 e. The molecule has 0 atom stereocenters. The minimum absolute atomic E-state index is 0.332. The highest BCUT2D eigenvalue weighted by Gasteiger charge is 2.06. The molecule has 0 spiro atoms. The summed E-state index contributed by atoms with van der Waals surface area (Å²) in [6.45, 7) is 2.23. The number of benzene rings is 2. The van der Waals surface area contributed by atoms with Gasteiger partial charge in [0, 0.05) is 17.3 Å². The Hall–Kier alpha value is -2.53. The second kappa shape index (κ2) is 7.65. The Balaban J connectivity index is 1.88. The first-order valence-electron chi connectivity index (χ1n) is 6.98. The Morgan fingerprint density at radius 2 is 1.83 bits per heavy atom. The Labute approximate surface area is 139 Å². The van der Waals surface area contributed by atoms with Crippen molar-refractivity contribution < 1.29 is 14.3 Å². The number of carbonyl (C=O) groups excluding carboxylic acids is 2. The predicted octanol–water partition coefficient (Wildman–Crippen LogP) is 3.76. The van der Waals surface area contributed by atoms with E-state index in [2.05, 4.69) is 15.4 Å². The van der Waals surface area contributed by atoms with E-state index in [1.165, 1.54) is 7.11 Å². The first-order valence-corrected chi connectivity index (χ1v) is 7.35. The maximum absolute atomic E-state index is 11.9. The van der Waals surface area contributed by atoms with Crippen molar-refractivity contribution in [1.29, 1.82) is 0 Å². The van der Waals surface area contributed by atoms with Crippen molar-refractivity contribution in [3.05, 3.63) is 64.2 Å². The molecular weight excluding hydrogens is 316 g/mol. The molecule has 0 heterocycles. The van der Waals surface area contributed by atoms with Gasteiger partial charge in [-0.1, -0.05) is 29.8 Å². The van der Waals surface area contributed by atoms with Gasteiger partial charge in [0.05, 0.1) is 12.7 Å². The number of hydrogen-bond acceptors (Lipinski definition) is 3. The van der Waals surface area contributed by atoms with Gasteiger partial charge in [0.15, 0.2) is 0 Å². The smallest absolute Gasteiger partial charge is 0.337 e. The number of esters is 1. The second-order valence-corrected chi connectivity index (χ2v) is 5.37. The highest BCUT2D eigenvalue weighted by molar-refractivity contribution is 6.31. The van der Waals surface area contributed by atoms with Crippen molar-refractivity contribution in [1.82, 2.24) is 5.32 Å². The number of rotatable bonds is 4. The van der Waals surface area contributed by atoms with Crippen LogP contribution in [0.4, 0.5) is 10.5 Å². The average Bonchev–Trinajstić information content (AvgIpc) is 2.56. The zero-order valence-corrected chi connectivity index (χ0v) is 13.6. The van der Waals surface area contributed by atoms with Gasteiger partial charge < -0.3 is 15.4 Å². The van der Waals surface area contributed by atoms with Crippen LogP contribution in [-0.4, -0.2) is 19.1 Å². The molecule has 0 radical (unpaired) electrons. The molecule has 0 aromatic heterocycles. The predicted molar refractivity (Wildman–Crippen MR) is 89.8 cm³/mol. The van der Waals surface area contributed by atoms with E-state index in [0.717, 1.165) is 11.1 Å². The third-order valence-electron chi connectivity index (χ3n) is 3.26. The summed E-state index contributed by atoms with van der Waals surface area (Å²) >= 11 is 6.01. The van der Waals surface area contributed by atoms with Crippen LogP contribution in [0.5, 0.6) is 0 Å². The summed E-state index contributed by atoms with van der Waals surface area (Å²) in [5.74, 6) is -0.390. The van der Waals surface area contributed by atoms with Crippen molar-refractivity contribution in [2.24, 2.45) is 0 Å². The zero-order chi connectivity index (χ0) is 16.8. The van der Waals surface area contributed by atoms with Crippen LogP contribution >= 0.6 is 11.6 Å². The molecule has 0 unspecified atom stereocenters. The number of anilines is 1. The lowest BCUT2D eigenvalue weighted by Gasteiger charge is -2.09. The summed E-state index contributed by atoms with van der Waals surface area (Å²) in [6, 6.07) is 11.8. The van der Waals surface area contributed by atoms with Crippen LogP contribution in [-0.2, 0) is 11.3 Å². The third-order valence-corrected chi connectivity index (χ3v) is 3.67. The number of methoxy groups -OCH3 is 1. The van der Waals surface area contributed by atoms with Crippen LogP contribution in [0, 0.1) is 6.92 Å². The van der Waals surface area contributed by atoms with Gasteiger partial charge in [-0.2, -0.15) is 0 Å². The lowest BCUT2D eigenvalue weighted by molar-refractivity contribution is 0.0600. The van der Waals surface area contributed by atoms with E-state index in [0.29, 0.717) is 22.8 Å². The van der Waals surface area contributed by atoms with E-state index in [1.54, 1.807) is 36.4 Å². The van der Waals surface area contributed by atoms with Crippen molar-refractivity contribution in [2.75, 3.05) is 12.4 Å². The van der Waals surface area contributed by atoms with E-state index in [9.17, 15) is 9.59 Å². The fourth-order valence-electron chi connectivity index (χ4n) is 1.90. The van der Waals surface area contributed by atoms with Gasteiger partial charge in [0.2, 0.25) is 0 Å². The quantitative estimate of drug-likeness (QED) is 0.838. The number of halogens is 1. The van der Waals surface area contributed by atoms with Crippen molar-refractivity contribution >= 4 is 29.3 Å². The summed E-state index contributed by atoms with van der Waals surface area (Å²) in [5.41, 5.74) is 2.91. The molecule has 2 rings (SSSR count). The van der Waals surface area contributed by atoms with Gasteiger partial charge in [0.1, 0.15) is 0 Å². The highest BCUT2D eigenvalue weighted by atomic mass is 35.5. The van der Waals surface area contributed by atoms with Gasteiger partial charge in [-0.25, -0.2) is 9.59 Å². The van der Waals surface area contributed by atoms with E-state index < -0.39 is 5.97 Å². The van der Waals surface area contributed by atoms with Crippen LogP contribution in [0.2, 0.25) is 5.02 Å². The van der Waals surface area contributed by atoms with E-state index in [-0.39, 0.29) is 6.03 Å². The lowest BCUT2D eigenvalue weighted by Crippen LogP contribution is -2.28. The Bertz CT molecular complexity index is 714. The number of amides is 2. The second-order valence-electron chi connectivity index (χ2n) is 4.96. The van der Waals surface area contributed by atoms with E-state index in [1.807, 2.05) is 13.0 Å². The molecule has 2 N–H and O–H groups in total. The SMILES string of the molecule is COC(=O)c1ccc(CNC(=O)Nc2ccc(C)c(Cl)c2)cc1.